The molecule has 0 aliphatic rings. The van der Waals surface area contributed by atoms with Gasteiger partial charge >= 0.3 is 17.9 Å². The number of carboxylic acid groups (broad SMARTS) is 6. The van der Waals surface area contributed by atoms with Gasteiger partial charge in [-0.05, 0) is 0 Å². The molecule has 0 aliphatic carbocycles. The van der Waals surface area contributed by atoms with Crippen LogP contribution in [0.5, 0.6) is 0 Å². The summed E-state index contributed by atoms with van der Waals surface area (Å²) in [6.45, 7) is 8.05. The molecule has 0 radical (unpaired) electrons. The molecule has 6 N–H and O–H groups in total. The summed E-state index contributed by atoms with van der Waals surface area (Å²) in [7, 11) is 0. The van der Waals surface area contributed by atoms with Crippen molar-refractivity contribution in [1.29, 1.82) is 0 Å². The summed E-state index contributed by atoms with van der Waals surface area (Å²) in [5, 5.41) is 45.4. The van der Waals surface area contributed by atoms with Crippen molar-refractivity contribution in [2.75, 3.05) is 0 Å². The predicted molar refractivity (Wildman–Crippen MR) is 93.7 cm³/mol. The highest BCUT2D eigenvalue weighted by atomic mass is 16.4. The molecule has 0 spiro atoms. The Kier molecular flexibility index (Phi) is 49.5. The quantitative estimate of drug-likeness (QED) is 0.396. The van der Waals surface area contributed by atoms with Crippen LogP contribution in [0.15, 0.2) is 0 Å². The van der Waals surface area contributed by atoms with Gasteiger partial charge in [0.15, 0.2) is 0 Å². The van der Waals surface area contributed by atoms with Crippen LogP contribution in [0.2, 0.25) is 0 Å². The number of carbonyl (C=O) groups is 6. The molecule has 27 heavy (non-hydrogen) atoms. The van der Waals surface area contributed by atoms with Crippen LogP contribution in [0.3, 0.4) is 0 Å². The van der Waals surface area contributed by atoms with E-state index in [2.05, 4.69) is 0 Å². The van der Waals surface area contributed by atoms with E-state index >= 15 is 0 Å². The third-order valence-electron chi connectivity index (χ3n) is 0.907. The van der Waals surface area contributed by atoms with Crippen molar-refractivity contribution in [3.05, 3.63) is 0 Å². The standard InChI is InChI=1S/3C3H6O2.3C2H4O2/c3*1-2-3(4)5;3*1-2(3)4/h3*2H2,1H3,(H,4,5);3*1H3,(H,3,4). The molecule has 0 aromatic heterocycles. The lowest BCUT2D eigenvalue weighted by molar-refractivity contribution is -0.137. The smallest absolute Gasteiger partial charge is 0.303 e. The lowest BCUT2D eigenvalue weighted by atomic mass is 10.5. The Bertz CT molecular complexity index is 341. The van der Waals surface area contributed by atoms with Crippen molar-refractivity contribution in [3.63, 3.8) is 0 Å². The van der Waals surface area contributed by atoms with Crippen LogP contribution in [0, 0.1) is 0 Å². The van der Waals surface area contributed by atoms with Crippen molar-refractivity contribution in [1.82, 2.24) is 0 Å². The van der Waals surface area contributed by atoms with Crippen molar-refractivity contribution >= 4 is 35.8 Å². The van der Waals surface area contributed by atoms with Gasteiger partial charge in [0.25, 0.3) is 17.9 Å². The molecule has 0 rings (SSSR count). The maximum absolute atomic E-state index is 9.37. The molecule has 0 amide bonds. The second kappa shape index (κ2) is 34.2. The normalized spacial score (nSPS) is 6.89. The summed E-state index contributed by atoms with van der Waals surface area (Å²) in [6, 6.07) is 0. The first-order valence-corrected chi connectivity index (χ1v) is 7.25. The molecule has 12 heteroatoms. The first-order valence-electron chi connectivity index (χ1n) is 7.25. The Morgan fingerprint density at radius 2 is 0.481 bits per heavy atom. The van der Waals surface area contributed by atoms with Crippen LogP contribution in [0.25, 0.3) is 0 Å². The SMILES string of the molecule is CC(=O)O.CC(=O)O.CC(=O)O.CCC(=O)O.CCC(=O)O.CCC(=O)O. The monoisotopic (exact) mass is 402 g/mol. The fourth-order valence-corrected chi connectivity index (χ4v) is 0. The van der Waals surface area contributed by atoms with Crippen molar-refractivity contribution < 1.29 is 59.4 Å². The molecule has 0 saturated heterocycles. The Labute approximate surface area is 157 Å². The molecule has 0 bridgehead atoms. The van der Waals surface area contributed by atoms with E-state index in [-0.39, 0.29) is 19.3 Å². The van der Waals surface area contributed by atoms with E-state index in [4.69, 9.17) is 45.0 Å². The molecule has 12 nitrogen and oxygen atoms in total. The highest BCUT2D eigenvalue weighted by Gasteiger charge is 1.81. The Morgan fingerprint density at radius 3 is 0.481 bits per heavy atom. The molecule has 0 atom stereocenters. The first-order chi connectivity index (χ1) is 12.0. The van der Waals surface area contributed by atoms with E-state index in [1.54, 1.807) is 20.8 Å². The minimum atomic E-state index is -0.833. The van der Waals surface area contributed by atoms with Crippen LogP contribution >= 0.6 is 0 Å². The van der Waals surface area contributed by atoms with Gasteiger partial charge in [-0.3, -0.25) is 28.8 Å². The van der Waals surface area contributed by atoms with Crippen molar-refractivity contribution in [3.8, 4) is 0 Å². The summed E-state index contributed by atoms with van der Waals surface area (Å²) < 4.78 is 0. The van der Waals surface area contributed by atoms with Gasteiger partial charge in [-0.15, -0.1) is 0 Å². The van der Waals surface area contributed by atoms with Crippen molar-refractivity contribution in [2.45, 2.75) is 60.8 Å². The van der Waals surface area contributed by atoms with Crippen LogP contribution in [-0.2, 0) is 28.8 Å². The maximum atomic E-state index is 9.37. The number of carboxylic acids is 6. The summed E-state index contributed by atoms with van der Waals surface area (Å²) in [6.07, 6.45) is 0.667. The number of rotatable bonds is 3. The minimum absolute atomic E-state index is 0.222. The molecular weight excluding hydrogens is 372 g/mol. The second-order valence-electron chi connectivity index (χ2n) is 3.80. The summed E-state index contributed by atoms with van der Waals surface area (Å²) in [4.78, 5) is 55.1. The van der Waals surface area contributed by atoms with Gasteiger partial charge in [0, 0.05) is 40.0 Å². The van der Waals surface area contributed by atoms with Crippen LogP contribution in [0.4, 0.5) is 0 Å². The van der Waals surface area contributed by atoms with E-state index < -0.39 is 35.8 Å². The van der Waals surface area contributed by atoms with Crippen molar-refractivity contribution in [2.24, 2.45) is 0 Å². The summed E-state index contributed by atoms with van der Waals surface area (Å²) >= 11 is 0. The summed E-state index contributed by atoms with van der Waals surface area (Å²) in [5.74, 6) is -4.74. The fraction of sp³-hybridized carbons (Fsp3) is 0.600. The van der Waals surface area contributed by atoms with E-state index in [1.807, 2.05) is 0 Å². The number of hydrogen-bond donors (Lipinski definition) is 6. The number of aliphatic carboxylic acids is 6. The maximum Gasteiger partial charge on any atom is 0.303 e. The van der Waals surface area contributed by atoms with Gasteiger partial charge in [-0.2, -0.15) is 0 Å². The summed E-state index contributed by atoms with van der Waals surface area (Å²) in [5.41, 5.74) is 0. The molecule has 0 unspecified atom stereocenters. The van der Waals surface area contributed by atoms with E-state index in [1.165, 1.54) is 0 Å². The molecule has 0 aromatic carbocycles. The zero-order chi connectivity index (χ0) is 23.6. The van der Waals surface area contributed by atoms with Gasteiger partial charge in [0.1, 0.15) is 0 Å². The predicted octanol–water partition coefficient (Wildman–Crippen LogP) is 1.72. The van der Waals surface area contributed by atoms with Crippen LogP contribution < -0.4 is 0 Å². The van der Waals surface area contributed by atoms with Gasteiger partial charge in [0.05, 0.1) is 0 Å². The van der Waals surface area contributed by atoms with Crippen LogP contribution in [-0.4, -0.2) is 66.5 Å². The highest BCUT2D eigenvalue weighted by molar-refractivity contribution is 5.66. The molecular formula is C15H30O12. The lowest BCUT2D eigenvalue weighted by Gasteiger charge is -1.71. The fourth-order valence-electron chi connectivity index (χ4n) is 0. The minimum Gasteiger partial charge on any atom is -0.481 e. The third-order valence-corrected chi connectivity index (χ3v) is 0.907. The molecule has 0 heterocycles. The lowest BCUT2D eigenvalue weighted by Crippen LogP contribution is -1.86. The third kappa shape index (κ3) is 1240. The molecule has 162 valence electrons. The van der Waals surface area contributed by atoms with E-state index in [0.717, 1.165) is 20.8 Å². The molecule has 0 aromatic rings. The topological polar surface area (TPSA) is 224 Å². The molecule has 0 saturated carbocycles. The Hall–Kier alpha value is -3.18. The molecule has 0 aliphatic heterocycles. The van der Waals surface area contributed by atoms with Gasteiger partial charge in [0.2, 0.25) is 0 Å². The zero-order valence-electron chi connectivity index (χ0n) is 16.3. The van der Waals surface area contributed by atoms with Gasteiger partial charge in [-0.1, -0.05) is 20.8 Å². The largest absolute Gasteiger partial charge is 0.481 e. The van der Waals surface area contributed by atoms with E-state index in [9.17, 15) is 14.4 Å². The van der Waals surface area contributed by atoms with Gasteiger partial charge < -0.3 is 30.6 Å². The second-order valence-corrected chi connectivity index (χ2v) is 3.80. The molecule has 0 fully saturated rings. The Morgan fingerprint density at radius 1 is 0.444 bits per heavy atom. The van der Waals surface area contributed by atoms with E-state index in [0.29, 0.717) is 0 Å². The Balaban J connectivity index is -0.0000000492. The number of hydrogen-bond acceptors (Lipinski definition) is 6. The first kappa shape index (κ1) is 39.1. The average molecular weight is 402 g/mol. The average Bonchev–Trinajstić information content (AvgIpc) is 2.46. The van der Waals surface area contributed by atoms with Gasteiger partial charge in [-0.25, -0.2) is 0 Å². The van der Waals surface area contributed by atoms with Crippen LogP contribution in [0.1, 0.15) is 60.8 Å². The zero-order valence-corrected chi connectivity index (χ0v) is 16.3. The highest BCUT2D eigenvalue weighted by Crippen LogP contribution is 1.68.